The zero-order valence-electron chi connectivity index (χ0n) is 12.4. The van der Waals surface area contributed by atoms with Gasteiger partial charge in [0.1, 0.15) is 0 Å². The Hall–Kier alpha value is -0.0800. The fourth-order valence-corrected chi connectivity index (χ4v) is 5.51. The van der Waals surface area contributed by atoms with Crippen molar-refractivity contribution in [2.45, 2.75) is 101 Å². The van der Waals surface area contributed by atoms with Gasteiger partial charge in [0.15, 0.2) is 0 Å². The maximum Gasteiger partial charge on any atom is 0.0517 e. The zero-order valence-corrected chi connectivity index (χ0v) is 12.4. The van der Waals surface area contributed by atoms with E-state index in [0.29, 0.717) is 0 Å². The summed E-state index contributed by atoms with van der Waals surface area (Å²) < 4.78 is 0. The highest BCUT2D eigenvalue weighted by molar-refractivity contribution is 4.93. The molecule has 4 fully saturated rings. The molecule has 4 rings (SSSR count). The molecule has 2 nitrogen and oxygen atoms in total. The lowest BCUT2D eigenvalue weighted by Crippen LogP contribution is -2.59. The Morgan fingerprint density at radius 3 is 1.00 bits per heavy atom. The first-order valence-electron chi connectivity index (χ1n) is 8.93. The van der Waals surface area contributed by atoms with E-state index in [1.54, 1.807) is 0 Å². The molecule has 0 N–H and O–H groups in total. The Balaban J connectivity index is 1.47. The minimum Gasteiger partial charge on any atom is -0.285 e. The molecule has 4 aliphatic heterocycles. The Labute approximate surface area is 118 Å². The number of nitrogens with zero attached hydrogens (tertiary/aromatic N) is 2. The van der Waals surface area contributed by atoms with Gasteiger partial charge in [-0.05, 0) is 51.4 Å². The Morgan fingerprint density at radius 2 is 0.737 bits per heavy atom. The lowest BCUT2D eigenvalue weighted by molar-refractivity contribution is -0.0626. The minimum atomic E-state index is 0.940. The number of hydrogen-bond donors (Lipinski definition) is 0. The summed E-state index contributed by atoms with van der Waals surface area (Å²) in [4.78, 5) is 5.87. The van der Waals surface area contributed by atoms with Crippen LogP contribution in [0.1, 0.15) is 77.0 Å². The maximum absolute atomic E-state index is 2.93. The first-order valence-corrected chi connectivity index (χ1v) is 8.93. The highest BCUT2D eigenvalue weighted by Crippen LogP contribution is 2.38. The van der Waals surface area contributed by atoms with Gasteiger partial charge in [-0.1, -0.05) is 25.7 Å². The first-order chi connectivity index (χ1) is 9.42. The number of fused-ring (bicyclic) bond motifs is 4. The van der Waals surface area contributed by atoms with Crippen molar-refractivity contribution < 1.29 is 0 Å². The highest BCUT2D eigenvalue weighted by atomic mass is 15.4. The molecule has 0 aromatic carbocycles. The normalized spacial score (nSPS) is 44.2. The van der Waals surface area contributed by atoms with Gasteiger partial charge in [0, 0.05) is 24.2 Å². The fraction of sp³-hybridized carbons (Fsp3) is 1.00. The van der Waals surface area contributed by atoms with E-state index in [4.69, 9.17) is 0 Å². The molecule has 4 bridgehead atoms. The number of rotatable bonds is 2. The van der Waals surface area contributed by atoms with Crippen molar-refractivity contribution in [3.05, 3.63) is 0 Å². The average Bonchev–Trinajstić information content (AvgIpc) is 2.38. The van der Waals surface area contributed by atoms with Crippen LogP contribution in [-0.2, 0) is 0 Å². The van der Waals surface area contributed by atoms with Crippen LogP contribution in [0, 0.1) is 0 Å². The SMILES string of the molecule is C1CC2CCCC(C1)N2CN1C2CCCC1CCC2. The van der Waals surface area contributed by atoms with Crippen LogP contribution in [0.3, 0.4) is 0 Å². The summed E-state index contributed by atoms with van der Waals surface area (Å²) in [6, 6.07) is 3.76. The third kappa shape index (κ3) is 2.35. The van der Waals surface area contributed by atoms with E-state index in [1.165, 1.54) is 83.7 Å². The zero-order chi connectivity index (χ0) is 12.7. The first kappa shape index (κ1) is 12.6. The van der Waals surface area contributed by atoms with Gasteiger partial charge in [-0.25, -0.2) is 0 Å². The van der Waals surface area contributed by atoms with Gasteiger partial charge >= 0.3 is 0 Å². The van der Waals surface area contributed by atoms with E-state index >= 15 is 0 Å². The summed E-state index contributed by atoms with van der Waals surface area (Å²) in [6.45, 7) is 1.32. The molecule has 4 saturated heterocycles. The molecule has 4 aliphatic rings. The topological polar surface area (TPSA) is 6.48 Å². The van der Waals surface area contributed by atoms with Crippen molar-refractivity contribution >= 4 is 0 Å². The average molecular weight is 262 g/mol. The molecular weight excluding hydrogens is 232 g/mol. The summed E-state index contributed by atoms with van der Waals surface area (Å²) in [5.74, 6) is 0. The van der Waals surface area contributed by atoms with Crippen LogP contribution in [0.5, 0.6) is 0 Å². The molecule has 19 heavy (non-hydrogen) atoms. The van der Waals surface area contributed by atoms with E-state index in [9.17, 15) is 0 Å². The maximum atomic E-state index is 2.93. The van der Waals surface area contributed by atoms with Crippen LogP contribution in [0.2, 0.25) is 0 Å². The minimum absolute atomic E-state index is 0.940. The van der Waals surface area contributed by atoms with Crippen LogP contribution in [0.25, 0.3) is 0 Å². The molecule has 0 atom stereocenters. The largest absolute Gasteiger partial charge is 0.285 e. The Kier molecular flexibility index (Phi) is 3.57. The molecule has 0 spiro atoms. The predicted molar refractivity (Wildman–Crippen MR) is 79.1 cm³/mol. The van der Waals surface area contributed by atoms with Crippen LogP contribution in [0.15, 0.2) is 0 Å². The molecule has 0 amide bonds. The molecule has 2 heteroatoms. The van der Waals surface area contributed by atoms with Crippen LogP contribution in [-0.4, -0.2) is 40.6 Å². The quantitative estimate of drug-likeness (QED) is 0.747. The summed E-state index contributed by atoms with van der Waals surface area (Å²) in [7, 11) is 0. The van der Waals surface area contributed by atoms with Gasteiger partial charge in [0.2, 0.25) is 0 Å². The van der Waals surface area contributed by atoms with Gasteiger partial charge in [-0.3, -0.25) is 9.80 Å². The van der Waals surface area contributed by atoms with E-state index in [2.05, 4.69) is 9.80 Å². The second kappa shape index (κ2) is 5.37. The molecule has 0 saturated carbocycles. The highest BCUT2D eigenvalue weighted by Gasteiger charge is 2.39. The lowest BCUT2D eigenvalue weighted by Gasteiger charge is -2.53. The summed E-state index contributed by atoms with van der Waals surface area (Å²) in [6.07, 6.45) is 17.9. The molecule has 0 aromatic rings. The molecule has 0 aliphatic carbocycles. The third-order valence-electron chi connectivity index (χ3n) is 6.50. The number of piperidine rings is 4. The smallest absolute Gasteiger partial charge is 0.0517 e. The van der Waals surface area contributed by atoms with Gasteiger partial charge in [-0.2, -0.15) is 0 Å². The molecule has 0 unspecified atom stereocenters. The summed E-state index contributed by atoms with van der Waals surface area (Å²) >= 11 is 0. The summed E-state index contributed by atoms with van der Waals surface area (Å²) in [5, 5.41) is 0. The van der Waals surface area contributed by atoms with Crippen molar-refractivity contribution in [1.82, 2.24) is 9.80 Å². The predicted octanol–water partition coefficient (Wildman–Crippen LogP) is 3.76. The van der Waals surface area contributed by atoms with E-state index in [0.717, 1.165) is 24.2 Å². The van der Waals surface area contributed by atoms with Crippen molar-refractivity contribution in [1.29, 1.82) is 0 Å². The second-order valence-corrected chi connectivity index (χ2v) is 7.51. The molecule has 108 valence electrons. The van der Waals surface area contributed by atoms with Gasteiger partial charge < -0.3 is 0 Å². The number of hydrogen-bond acceptors (Lipinski definition) is 2. The van der Waals surface area contributed by atoms with E-state index in [1.807, 2.05) is 0 Å². The molecule has 0 radical (unpaired) electrons. The van der Waals surface area contributed by atoms with Gasteiger partial charge in [-0.15, -0.1) is 0 Å². The lowest BCUT2D eigenvalue weighted by atomic mass is 9.83. The molecule has 0 aromatic heterocycles. The van der Waals surface area contributed by atoms with Crippen LogP contribution < -0.4 is 0 Å². The fourth-order valence-electron chi connectivity index (χ4n) is 5.51. The summed E-state index contributed by atoms with van der Waals surface area (Å²) in [5.41, 5.74) is 0. The Bertz CT molecular complexity index is 242. The van der Waals surface area contributed by atoms with Crippen LogP contribution >= 0.6 is 0 Å². The Morgan fingerprint density at radius 1 is 0.474 bits per heavy atom. The van der Waals surface area contributed by atoms with Crippen LogP contribution in [0.4, 0.5) is 0 Å². The van der Waals surface area contributed by atoms with Crippen molar-refractivity contribution in [3.8, 4) is 0 Å². The molecule has 4 heterocycles. The van der Waals surface area contributed by atoms with Crippen molar-refractivity contribution in [2.24, 2.45) is 0 Å². The standard InChI is InChI=1S/C17H30N2/c1-5-14-7-2-8-15(6-1)18(14)13-19-16-9-3-10-17(19)12-4-11-16/h14-17H,1-13H2. The van der Waals surface area contributed by atoms with E-state index < -0.39 is 0 Å². The van der Waals surface area contributed by atoms with Gasteiger partial charge in [0.25, 0.3) is 0 Å². The second-order valence-electron chi connectivity index (χ2n) is 7.51. The monoisotopic (exact) mass is 262 g/mol. The van der Waals surface area contributed by atoms with Crippen molar-refractivity contribution in [3.63, 3.8) is 0 Å². The van der Waals surface area contributed by atoms with E-state index in [-0.39, 0.29) is 0 Å². The van der Waals surface area contributed by atoms with Gasteiger partial charge in [0.05, 0.1) is 6.67 Å². The van der Waals surface area contributed by atoms with Crippen molar-refractivity contribution in [2.75, 3.05) is 6.67 Å². The molecular formula is C17H30N2. The third-order valence-corrected chi connectivity index (χ3v) is 6.50.